The third kappa shape index (κ3) is 4.54. The molecule has 0 radical (unpaired) electrons. The van der Waals surface area contributed by atoms with Gasteiger partial charge in [0, 0.05) is 30.4 Å². The van der Waals surface area contributed by atoms with Crippen LogP contribution < -0.4 is 14.9 Å². The van der Waals surface area contributed by atoms with Gasteiger partial charge < -0.3 is 14.6 Å². The Kier molecular flexibility index (Phi) is 6.09. The summed E-state index contributed by atoms with van der Waals surface area (Å²) in [6.07, 6.45) is 0.237. The van der Waals surface area contributed by atoms with Gasteiger partial charge in [0.15, 0.2) is 10.0 Å². The Morgan fingerprint density at radius 1 is 1.29 bits per heavy atom. The van der Waals surface area contributed by atoms with Crippen LogP contribution in [0, 0.1) is 0 Å². The van der Waals surface area contributed by atoms with Crippen LogP contribution in [0.15, 0.2) is 29.3 Å². The lowest BCUT2D eigenvalue weighted by molar-refractivity contribution is 0.150. The summed E-state index contributed by atoms with van der Waals surface area (Å²) in [5.74, 6) is 0. The Balaban J connectivity index is 1.68. The van der Waals surface area contributed by atoms with Crippen molar-refractivity contribution in [3.05, 3.63) is 29.4 Å². The highest BCUT2D eigenvalue weighted by molar-refractivity contribution is 7.89. The van der Waals surface area contributed by atoms with Crippen LogP contribution in [-0.4, -0.2) is 59.9 Å². The van der Waals surface area contributed by atoms with Crippen molar-refractivity contribution < 1.29 is 21.6 Å². The van der Waals surface area contributed by atoms with Crippen molar-refractivity contribution in [1.82, 2.24) is 24.6 Å². The first-order valence-electron chi connectivity index (χ1n) is 11.4. The fourth-order valence-corrected chi connectivity index (χ4v) is 6.75. The highest BCUT2D eigenvalue weighted by Crippen LogP contribution is 2.38. The average Bonchev–Trinajstić information content (AvgIpc) is 3.18. The van der Waals surface area contributed by atoms with Gasteiger partial charge in [-0.3, -0.25) is 0 Å². The van der Waals surface area contributed by atoms with E-state index in [0.717, 1.165) is 24.2 Å². The summed E-state index contributed by atoms with van der Waals surface area (Å²) < 4.78 is 71.2. The number of anilines is 1. The van der Waals surface area contributed by atoms with Crippen LogP contribution in [0.25, 0.3) is 16.2 Å². The van der Waals surface area contributed by atoms with E-state index >= 15 is 0 Å². The minimum atomic E-state index is -3.88. The van der Waals surface area contributed by atoms with Crippen LogP contribution in [0.2, 0.25) is 0 Å². The predicted octanol–water partition coefficient (Wildman–Crippen LogP) is 3.75. The van der Waals surface area contributed by atoms with E-state index in [0.29, 0.717) is 23.4 Å². The van der Waals surface area contributed by atoms with Gasteiger partial charge >= 0.3 is 0 Å². The molecule has 190 valence electrons. The first-order chi connectivity index (χ1) is 16.5. The Hall–Kier alpha value is -2.22. The molecule has 3 aromatic heterocycles. The summed E-state index contributed by atoms with van der Waals surface area (Å²) in [5, 5.41) is 10.6. The molecule has 4 heterocycles. The number of fused-ring (bicyclic) bond motifs is 1. The third-order valence-corrected chi connectivity index (χ3v) is 9.33. The summed E-state index contributed by atoms with van der Waals surface area (Å²) in [6, 6.07) is 4.42. The zero-order valence-corrected chi connectivity index (χ0v) is 21.1. The monoisotopic (exact) mass is 528 g/mol. The summed E-state index contributed by atoms with van der Waals surface area (Å²) in [5.41, 5.74) is 1.27. The molecule has 3 atom stereocenters. The van der Waals surface area contributed by atoms with E-state index in [1.807, 2.05) is 25.7 Å². The van der Waals surface area contributed by atoms with E-state index in [4.69, 9.17) is 0 Å². The van der Waals surface area contributed by atoms with Crippen LogP contribution in [0.5, 0.6) is 0 Å². The molecule has 1 aliphatic carbocycles. The minimum Gasteiger partial charge on any atom is -0.364 e. The second-order valence-corrected chi connectivity index (χ2v) is 12.4. The van der Waals surface area contributed by atoms with Gasteiger partial charge in [0.05, 0.1) is 22.9 Å². The summed E-state index contributed by atoms with van der Waals surface area (Å²) >= 11 is 0.762. The van der Waals surface area contributed by atoms with E-state index in [9.17, 15) is 21.6 Å². The summed E-state index contributed by atoms with van der Waals surface area (Å²) in [6.45, 7) is 5.67. The van der Waals surface area contributed by atoms with Gasteiger partial charge in [-0.15, -0.1) is 10.2 Å². The lowest BCUT2D eigenvalue weighted by atomic mass is 10.0. The Bertz CT molecular complexity index is 1350. The molecule has 1 saturated heterocycles. The number of nitrogens with one attached hydrogen (secondary N) is 2. The highest BCUT2D eigenvalue weighted by atomic mass is 32.2. The molecule has 8 nitrogen and oxygen atoms in total. The fourth-order valence-electron chi connectivity index (χ4n) is 4.55. The van der Waals surface area contributed by atoms with E-state index in [-0.39, 0.29) is 22.0 Å². The topological polar surface area (TPSA) is 91.6 Å². The second-order valence-electron chi connectivity index (χ2n) is 9.67. The number of sulfonamides is 1. The molecule has 0 bridgehead atoms. The molecular weight excluding hydrogens is 501 g/mol. The molecule has 13 heteroatoms. The van der Waals surface area contributed by atoms with Crippen molar-refractivity contribution in [2.75, 3.05) is 18.1 Å². The second kappa shape index (κ2) is 8.71. The van der Waals surface area contributed by atoms with E-state index in [1.54, 1.807) is 22.6 Å². The first kappa shape index (κ1) is 24.5. The molecule has 0 spiro atoms. The van der Waals surface area contributed by atoms with Crippen molar-refractivity contribution in [3.63, 3.8) is 0 Å². The van der Waals surface area contributed by atoms with Gasteiger partial charge in [0.25, 0.3) is 6.43 Å². The number of hydrogen-bond acceptors (Lipinski definition) is 7. The first-order valence-corrected chi connectivity index (χ1v) is 13.7. The number of nitrogens with zero attached hydrogens (tertiary/aromatic N) is 4. The van der Waals surface area contributed by atoms with Crippen LogP contribution in [0.4, 0.5) is 18.9 Å². The Morgan fingerprint density at radius 3 is 2.66 bits per heavy atom. The maximum Gasteiger partial charge on any atom is 0.291 e. The van der Waals surface area contributed by atoms with Crippen molar-refractivity contribution in [3.8, 4) is 10.7 Å². The third-order valence-electron chi connectivity index (χ3n) is 6.77. The molecule has 5 rings (SSSR count). The summed E-state index contributed by atoms with van der Waals surface area (Å²) in [7, 11) is -3.88. The molecule has 2 fully saturated rings. The highest BCUT2D eigenvalue weighted by Gasteiger charge is 2.42. The van der Waals surface area contributed by atoms with E-state index in [1.165, 1.54) is 6.20 Å². The largest absolute Gasteiger partial charge is 0.364 e. The lowest BCUT2D eigenvalue weighted by Gasteiger charge is -2.44. The molecule has 0 unspecified atom stereocenters. The normalized spacial score (nSPS) is 24.4. The van der Waals surface area contributed by atoms with Crippen molar-refractivity contribution in [2.24, 2.45) is 0 Å². The van der Waals surface area contributed by atoms with Crippen LogP contribution in [-0.2, 0) is 10.0 Å². The predicted molar refractivity (Wildman–Crippen MR) is 128 cm³/mol. The standard InChI is InChI=1S/C22H27F3N6O2S2/c1-12-10-30(13(2)15(9-23)26-12)18-8-14(35(32,33)29-22(3)6-7-22)11-31-16(18)4-5-17(31)20-27-28-21(34-20)19(24)25/h4-5,8,11-13,15,19,26,29H,6-7,9-10H2,1-3H3/t12-,13+,15+/m0/s1. The Labute approximate surface area is 205 Å². The van der Waals surface area contributed by atoms with Crippen molar-refractivity contribution >= 4 is 32.6 Å². The van der Waals surface area contributed by atoms with Gasteiger partial charge in [-0.05, 0) is 51.8 Å². The van der Waals surface area contributed by atoms with E-state index < -0.39 is 39.7 Å². The number of hydrogen-bond donors (Lipinski definition) is 2. The molecule has 0 aromatic carbocycles. The van der Waals surface area contributed by atoms with E-state index in [2.05, 4.69) is 20.2 Å². The van der Waals surface area contributed by atoms with Crippen LogP contribution in [0.1, 0.15) is 45.0 Å². The molecule has 0 amide bonds. The quantitative estimate of drug-likeness (QED) is 0.486. The van der Waals surface area contributed by atoms with Gasteiger partial charge in [-0.2, -0.15) is 0 Å². The number of pyridine rings is 1. The van der Waals surface area contributed by atoms with Crippen molar-refractivity contribution in [1.29, 1.82) is 0 Å². The zero-order valence-electron chi connectivity index (χ0n) is 19.5. The van der Waals surface area contributed by atoms with Crippen molar-refractivity contribution in [2.45, 2.75) is 68.6 Å². The SMILES string of the molecule is C[C@@H]1[C@@H](CF)N[C@@H](C)CN1c1cc(S(=O)(=O)NC2(C)CC2)cn2c(-c3nnc(C(F)F)s3)ccc12. The lowest BCUT2D eigenvalue weighted by Crippen LogP contribution is -2.61. The maximum absolute atomic E-state index is 13.8. The Morgan fingerprint density at radius 2 is 2.03 bits per heavy atom. The van der Waals surface area contributed by atoms with Gasteiger partial charge in [0.2, 0.25) is 10.0 Å². The number of rotatable bonds is 7. The maximum atomic E-state index is 13.8. The van der Waals surface area contributed by atoms with Crippen LogP contribution in [0.3, 0.4) is 0 Å². The van der Waals surface area contributed by atoms with Crippen LogP contribution >= 0.6 is 11.3 Å². The molecule has 3 aromatic rings. The average molecular weight is 529 g/mol. The molecular formula is C22H27F3N6O2S2. The molecule has 2 aliphatic rings. The zero-order chi connectivity index (χ0) is 25.1. The minimum absolute atomic E-state index is 0.0260. The number of piperazine rings is 1. The smallest absolute Gasteiger partial charge is 0.291 e. The fraction of sp³-hybridized carbons (Fsp3) is 0.545. The number of aromatic nitrogens is 3. The van der Waals surface area contributed by atoms with Gasteiger partial charge in [-0.1, -0.05) is 11.3 Å². The molecule has 1 saturated carbocycles. The van der Waals surface area contributed by atoms with Gasteiger partial charge in [-0.25, -0.2) is 26.3 Å². The van der Waals surface area contributed by atoms with Gasteiger partial charge in [0.1, 0.15) is 11.6 Å². The molecule has 2 N–H and O–H groups in total. The summed E-state index contributed by atoms with van der Waals surface area (Å²) in [4.78, 5) is 2.05. The number of halogens is 3. The number of alkyl halides is 3. The molecule has 1 aliphatic heterocycles. The molecule has 35 heavy (non-hydrogen) atoms.